The van der Waals surface area contributed by atoms with Crippen LogP contribution in [0.1, 0.15) is 15.4 Å². The smallest absolute Gasteiger partial charge is 0.347 e. The third kappa shape index (κ3) is 4.19. The molecule has 0 bridgehead atoms. The summed E-state index contributed by atoms with van der Waals surface area (Å²) < 4.78 is 30.7. The topological polar surface area (TPSA) is 171 Å². The summed E-state index contributed by atoms with van der Waals surface area (Å²) in [6, 6.07) is 2.75. The van der Waals surface area contributed by atoms with Crippen LogP contribution in [-0.4, -0.2) is 42.6 Å². The van der Waals surface area contributed by atoms with Gasteiger partial charge in [-0.25, -0.2) is 27.7 Å². The van der Waals surface area contributed by atoms with Crippen LogP contribution in [0.2, 0.25) is 0 Å². The standard InChI is InChI=1S/C12H9N5O6S2/c1-23-8-4-6(5-13)14-11(15-8)16-12(20)17-25(21,22)7-2-3-24-9(7)10(18)19/h2-4H,1H3,(H,18,19)(H2,14,15,16,17,20). The van der Waals surface area contributed by atoms with E-state index >= 15 is 0 Å². The molecule has 0 aliphatic carbocycles. The van der Waals surface area contributed by atoms with E-state index in [1.165, 1.54) is 18.6 Å². The molecule has 0 atom stereocenters. The maximum atomic E-state index is 12.1. The number of methoxy groups -OCH3 is 1. The SMILES string of the molecule is COc1cc(C#N)nc(NC(=O)NS(=O)(=O)c2ccsc2C(=O)O)n1. The maximum absolute atomic E-state index is 12.1. The fourth-order valence-electron chi connectivity index (χ4n) is 1.61. The first-order valence-electron chi connectivity index (χ1n) is 6.24. The quantitative estimate of drug-likeness (QED) is 0.669. The number of nitrogens with one attached hydrogen (secondary N) is 2. The molecule has 25 heavy (non-hydrogen) atoms. The van der Waals surface area contributed by atoms with E-state index in [0.717, 1.165) is 6.07 Å². The Morgan fingerprint density at radius 3 is 2.72 bits per heavy atom. The van der Waals surface area contributed by atoms with Crippen molar-refractivity contribution in [3.8, 4) is 11.9 Å². The number of ether oxygens (including phenoxy) is 1. The molecule has 3 N–H and O–H groups in total. The number of rotatable bonds is 5. The number of urea groups is 1. The van der Waals surface area contributed by atoms with Gasteiger partial charge in [0.25, 0.3) is 10.0 Å². The molecule has 2 amide bonds. The number of carboxylic acid groups (broad SMARTS) is 1. The first kappa shape index (κ1) is 18.1. The number of thiophene rings is 1. The van der Waals surface area contributed by atoms with Crippen LogP contribution >= 0.6 is 11.3 Å². The predicted molar refractivity (Wildman–Crippen MR) is 83.9 cm³/mol. The molecule has 11 nitrogen and oxygen atoms in total. The molecule has 0 unspecified atom stereocenters. The average molecular weight is 383 g/mol. The molecule has 130 valence electrons. The summed E-state index contributed by atoms with van der Waals surface area (Å²) in [5.41, 5.74) is -0.115. The predicted octanol–water partition coefficient (Wildman–Crippen LogP) is 0.627. The average Bonchev–Trinajstić information content (AvgIpc) is 3.04. The van der Waals surface area contributed by atoms with Gasteiger partial charge in [0.15, 0.2) is 0 Å². The minimum atomic E-state index is -4.43. The Morgan fingerprint density at radius 1 is 1.40 bits per heavy atom. The second-order valence-electron chi connectivity index (χ2n) is 4.21. The lowest BCUT2D eigenvalue weighted by atomic mass is 10.4. The summed E-state index contributed by atoms with van der Waals surface area (Å²) in [6.45, 7) is 0. The van der Waals surface area contributed by atoms with Gasteiger partial charge in [-0.3, -0.25) is 5.32 Å². The van der Waals surface area contributed by atoms with Crippen molar-refractivity contribution in [3.63, 3.8) is 0 Å². The van der Waals surface area contributed by atoms with Gasteiger partial charge in [0, 0.05) is 6.07 Å². The summed E-state index contributed by atoms with van der Waals surface area (Å²) in [7, 11) is -3.15. The van der Waals surface area contributed by atoms with Gasteiger partial charge in [-0.2, -0.15) is 10.2 Å². The molecule has 0 radical (unpaired) electrons. The van der Waals surface area contributed by atoms with Crippen molar-refractivity contribution in [2.75, 3.05) is 12.4 Å². The molecule has 0 aliphatic rings. The normalized spacial score (nSPS) is 10.6. The summed E-state index contributed by atoms with van der Waals surface area (Å²) in [6.07, 6.45) is 0. The van der Waals surface area contributed by atoms with Crippen molar-refractivity contribution >= 4 is 39.3 Å². The third-order valence-electron chi connectivity index (χ3n) is 2.59. The van der Waals surface area contributed by atoms with E-state index in [4.69, 9.17) is 15.1 Å². The van der Waals surface area contributed by atoms with Crippen LogP contribution in [0, 0.1) is 11.3 Å². The highest BCUT2D eigenvalue weighted by atomic mass is 32.2. The number of carbonyl (C=O) groups excluding carboxylic acids is 1. The second kappa shape index (κ2) is 7.11. The van der Waals surface area contributed by atoms with Gasteiger partial charge in [-0.1, -0.05) is 0 Å². The molecular weight excluding hydrogens is 374 g/mol. The molecule has 2 heterocycles. The van der Waals surface area contributed by atoms with E-state index < -0.39 is 31.8 Å². The summed E-state index contributed by atoms with van der Waals surface area (Å²) in [5, 5.41) is 21.1. The number of carbonyl (C=O) groups is 2. The summed E-state index contributed by atoms with van der Waals surface area (Å²) in [5.74, 6) is -1.83. The zero-order chi connectivity index (χ0) is 18.6. The molecule has 13 heteroatoms. The molecule has 2 aromatic heterocycles. The number of aromatic nitrogens is 2. The van der Waals surface area contributed by atoms with Crippen LogP contribution in [0.5, 0.6) is 5.88 Å². The number of sulfonamides is 1. The van der Waals surface area contributed by atoms with Crippen LogP contribution in [0.4, 0.5) is 10.7 Å². The van der Waals surface area contributed by atoms with Gasteiger partial charge in [0.2, 0.25) is 11.8 Å². The number of nitrogens with zero attached hydrogens (tertiary/aromatic N) is 3. The third-order valence-corrected chi connectivity index (χ3v) is 5.00. The Balaban J connectivity index is 2.21. The van der Waals surface area contributed by atoms with Crippen LogP contribution < -0.4 is 14.8 Å². The number of nitriles is 1. The summed E-state index contributed by atoms with van der Waals surface area (Å²) in [4.78, 5) is 29.3. The Labute approximate surface area is 145 Å². The van der Waals surface area contributed by atoms with Gasteiger partial charge in [0.1, 0.15) is 21.5 Å². The van der Waals surface area contributed by atoms with E-state index in [1.807, 2.05) is 5.32 Å². The number of hydrogen-bond donors (Lipinski definition) is 3. The van der Waals surface area contributed by atoms with E-state index in [9.17, 15) is 18.0 Å². The van der Waals surface area contributed by atoms with Crippen LogP contribution in [0.3, 0.4) is 0 Å². The van der Waals surface area contributed by atoms with Crippen molar-refractivity contribution < 1.29 is 27.9 Å². The first-order chi connectivity index (χ1) is 11.8. The van der Waals surface area contributed by atoms with Gasteiger partial charge >= 0.3 is 12.0 Å². The molecule has 2 rings (SSSR count). The molecule has 0 saturated heterocycles. The van der Waals surface area contributed by atoms with Crippen molar-refractivity contribution in [3.05, 3.63) is 28.1 Å². The second-order valence-corrected chi connectivity index (χ2v) is 6.78. The fraction of sp³-hybridized carbons (Fsp3) is 0.0833. The van der Waals surface area contributed by atoms with Crippen molar-refractivity contribution in [2.24, 2.45) is 0 Å². The molecule has 0 spiro atoms. The Morgan fingerprint density at radius 2 is 2.12 bits per heavy atom. The van der Waals surface area contributed by atoms with Crippen molar-refractivity contribution in [2.45, 2.75) is 4.90 Å². The summed E-state index contributed by atoms with van der Waals surface area (Å²) >= 11 is 0.698. The highest BCUT2D eigenvalue weighted by molar-refractivity contribution is 7.90. The minimum Gasteiger partial charge on any atom is -0.481 e. The van der Waals surface area contributed by atoms with E-state index in [0.29, 0.717) is 11.3 Å². The first-order valence-corrected chi connectivity index (χ1v) is 8.61. The highest BCUT2D eigenvalue weighted by Crippen LogP contribution is 2.21. The van der Waals surface area contributed by atoms with Crippen LogP contribution in [0.15, 0.2) is 22.4 Å². The van der Waals surface area contributed by atoms with Gasteiger partial charge < -0.3 is 9.84 Å². The molecular formula is C12H9N5O6S2. The zero-order valence-electron chi connectivity index (χ0n) is 12.4. The number of carboxylic acids is 1. The Kier molecular flexibility index (Phi) is 5.15. The number of anilines is 1. The highest BCUT2D eigenvalue weighted by Gasteiger charge is 2.26. The largest absolute Gasteiger partial charge is 0.481 e. The number of hydrogen-bond acceptors (Lipinski definition) is 9. The van der Waals surface area contributed by atoms with Crippen molar-refractivity contribution in [1.82, 2.24) is 14.7 Å². The molecule has 0 aliphatic heterocycles. The van der Waals surface area contributed by atoms with Crippen molar-refractivity contribution in [1.29, 1.82) is 5.26 Å². The Bertz CT molecular complexity index is 978. The molecule has 0 aromatic carbocycles. The maximum Gasteiger partial charge on any atom is 0.347 e. The monoisotopic (exact) mass is 383 g/mol. The van der Waals surface area contributed by atoms with Gasteiger partial charge in [-0.05, 0) is 11.4 Å². The fourth-order valence-corrected chi connectivity index (χ4v) is 3.78. The molecule has 2 aromatic rings. The number of amides is 2. The lowest BCUT2D eigenvalue weighted by Gasteiger charge is -2.08. The minimum absolute atomic E-state index is 0.0179. The molecule has 0 fully saturated rings. The van der Waals surface area contributed by atoms with E-state index in [1.54, 1.807) is 10.8 Å². The van der Waals surface area contributed by atoms with Gasteiger partial charge in [0.05, 0.1) is 7.11 Å². The van der Waals surface area contributed by atoms with Gasteiger partial charge in [-0.15, -0.1) is 11.3 Å². The van der Waals surface area contributed by atoms with E-state index in [2.05, 4.69) is 9.97 Å². The van der Waals surface area contributed by atoms with E-state index in [-0.39, 0.29) is 17.5 Å². The lowest BCUT2D eigenvalue weighted by molar-refractivity contribution is 0.0698. The zero-order valence-corrected chi connectivity index (χ0v) is 14.0. The molecule has 0 saturated carbocycles. The number of aromatic carboxylic acids is 1. The van der Waals surface area contributed by atoms with Crippen LogP contribution in [0.25, 0.3) is 0 Å². The van der Waals surface area contributed by atoms with Crippen LogP contribution in [-0.2, 0) is 10.0 Å². The Hall–Kier alpha value is -3.24. The lowest BCUT2D eigenvalue weighted by Crippen LogP contribution is -2.35.